The normalized spacial score (nSPS) is 11.9. The largest absolute Gasteiger partial charge is 0.495 e. The number of hydrogen-bond acceptors (Lipinski definition) is 6. The minimum atomic E-state index is -0.529. The maximum atomic E-state index is 14.1. The first-order chi connectivity index (χ1) is 18.0. The number of nitrogens with zero attached hydrogens (tertiary/aromatic N) is 2. The monoisotopic (exact) mass is 527 g/mol. The van der Waals surface area contributed by atoms with Crippen LogP contribution in [0.1, 0.15) is 11.8 Å². The molecule has 2 aromatic heterocycles. The Morgan fingerprint density at radius 2 is 1.65 bits per heavy atom. The number of carbonyl (C=O) groups excluding carboxylic acids is 1. The highest BCUT2D eigenvalue weighted by Gasteiger charge is 2.24. The predicted octanol–water partition coefficient (Wildman–Crippen LogP) is 6.55. The topological polar surface area (TPSA) is 73.2 Å². The van der Waals surface area contributed by atoms with E-state index in [0.717, 1.165) is 16.0 Å². The van der Waals surface area contributed by atoms with Gasteiger partial charge in [0, 0.05) is 10.4 Å². The lowest BCUT2D eigenvalue weighted by Crippen LogP contribution is -2.26. The maximum absolute atomic E-state index is 14.1. The van der Waals surface area contributed by atoms with Gasteiger partial charge in [-0.3, -0.25) is 14.2 Å². The Morgan fingerprint density at radius 1 is 1.00 bits per heavy atom. The molecule has 1 amide bonds. The van der Waals surface area contributed by atoms with Crippen LogP contribution in [0.5, 0.6) is 5.75 Å². The van der Waals surface area contributed by atoms with Crippen molar-refractivity contribution in [1.82, 2.24) is 9.55 Å². The predicted molar refractivity (Wildman–Crippen MR) is 152 cm³/mol. The molecule has 0 aliphatic carbocycles. The molecule has 0 saturated carbocycles. The Bertz CT molecular complexity index is 1630. The van der Waals surface area contributed by atoms with E-state index in [-0.39, 0.29) is 11.5 Å². The first kappa shape index (κ1) is 24.8. The highest BCUT2D eigenvalue weighted by molar-refractivity contribution is 8.00. The van der Waals surface area contributed by atoms with Crippen LogP contribution < -0.4 is 15.6 Å². The molecule has 1 N–H and O–H groups in total. The average Bonchev–Trinajstić information content (AvgIpc) is 3.26. The van der Waals surface area contributed by atoms with Crippen LogP contribution in [0.15, 0.2) is 94.9 Å². The molecule has 2 heterocycles. The Balaban J connectivity index is 1.59. The van der Waals surface area contributed by atoms with Gasteiger partial charge in [0.05, 0.1) is 29.1 Å². The quantitative estimate of drug-likeness (QED) is 0.192. The molecular weight excluding hydrogens is 502 g/mol. The van der Waals surface area contributed by atoms with Gasteiger partial charge in [0.15, 0.2) is 5.16 Å². The van der Waals surface area contributed by atoms with Gasteiger partial charge in [-0.2, -0.15) is 0 Å². The Morgan fingerprint density at radius 3 is 2.35 bits per heavy atom. The van der Waals surface area contributed by atoms with Gasteiger partial charge in [0.2, 0.25) is 5.91 Å². The second-order valence-electron chi connectivity index (χ2n) is 8.40. The van der Waals surface area contributed by atoms with Crippen LogP contribution >= 0.6 is 23.1 Å². The molecule has 5 aromatic rings. The van der Waals surface area contributed by atoms with Gasteiger partial charge in [0.1, 0.15) is 10.6 Å². The fourth-order valence-electron chi connectivity index (χ4n) is 4.17. The summed E-state index contributed by atoms with van der Waals surface area (Å²) in [6.45, 7) is 3.81. The zero-order chi connectivity index (χ0) is 25.9. The molecule has 5 rings (SSSR count). The van der Waals surface area contributed by atoms with E-state index in [0.29, 0.717) is 32.5 Å². The van der Waals surface area contributed by atoms with Crippen LogP contribution in [0, 0.1) is 6.92 Å². The van der Waals surface area contributed by atoms with Gasteiger partial charge in [-0.05, 0) is 43.7 Å². The van der Waals surface area contributed by atoms with Gasteiger partial charge in [-0.15, -0.1) is 11.3 Å². The summed E-state index contributed by atoms with van der Waals surface area (Å²) in [5.41, 5.74) is 3.02. The maximum Gasteiger partial charge on any atom is 0.268 e. The highest BCUT2D eigenvalue weighted by atomic mass is 32.2. The number of methoxy groups -OCH3 is 1. The molecule has 0 radical (unpaired) electrons. The fourth-order valence-corrected chi connectivity index (χ4v) is 6.19. The number of thiophene rings is 1. The van der Waals surface area contributed by atoms with Crippen molar-refractivity contribution in [3.63, 3.8) is 0 Å². The number of aromatic nitrogens is 2. The summed E-state index contributed by atoms with van der Waals surface area (Å²) in [5, 5.41) is 3.46. The van der Waals surface area contributed by atoms with Crippen molar-refractivity contribution in [2.24, 2.45) is 0 Å². The number of nitrogens with one attached hydrogen (secondary N) is 1. The average molecular weight is 528 g/mol. The molecule has 8 heteroatoms. The summed E-state index contributed by atoms with van der Waals surface area (Å²) in [6, 6.07) is 26.6. The van der Waals surface area contributed by atoms with E-state index >= 15 is 0 Å². The van der Waals surface area contributed by atoms with Gasteiger partial charge in [-0.25, -0.2) is 4.98 Å². The molecule has 1 unspecified atom stereocenters. The number of anilines is 1. The van der Waals surface area contributed by atoms with E-state index in [1.807, 2.05) is 79.7 Å². The van der Waals surface area contributed by atoms with Crippen LogP contribution in [0.3, 0.4) is 0 Å². The molecule has 0 aliphatic heterocycles. The SMILES string of the molecule is COc1ccccc1NC(=O)C(C)Sc1nc2sc(C)c(-c3ccccc3)c2c(=O)n1-c1ccccc1. The lowest BCUT2D eigenvalue weighted by Gasteiger charge is -2.17. The number of fused-ring (bicyclic) bond motifs is 1. The Kier molecular flexibility index (Phi) is 7.12. The summed E-state index contributed by atoms with van der Waals surface area (Å²) in [7, 11) is 1.56. The third-order valence-corrected chi connectivity index (χ3v) is 8.02. The van der Waals surface area contributed by atoms with E-state index in [9.17, 15) is 9.59 Å². The number of ether oxygens (including phenoxy) is 1. The number of rotatable bonds is 7. The summed E-state index contributed by atoms with van der Waals surface area (Å²) >= 11 is 2.75. The fraction of sp³-hybridized carbons (Fsp3) is 0.138. The highest BCUT2D eigenvalue weighted by Crippen LogP contribution is 2.37. The minimum Gasteiger partial charge on any atom is -0.495 e. The molecule has 186 valence electrons. The zero-order valence-electron chi connectivity index (χ0n) is 20.6. The van der Waals surface area contributed by atoms with Crippen LogP contribution in [-0.4, -0.2) is 27.8 Å². The Hall–Kier alpha value is -3.88. The van der Waals surface area contributed by atoms with E-state index in [4.69, 9.17) is 9.72 Å². The summed E-state index contributed by atoms with van der Waals surface area (Å²) < 4.78 is 6.97. The summed E-state index contributed by atoms with van der Waals surface area (Å²) in [6.07, 6.45) is 0. The first-order valence-electron chi connectivity index (χ1n) is 11.8. The first-order valence-corrected chi connectivity index (χ1v) is 13.4. The summed E-state index contributed by atoms with van der Waals surface area (Å²) in [5.74, 6) is 0.368. The molecule has 6 nitrogen and oxygen atoms in total. The number of carbonyl (C=O) groups is 1. The third kappa shape index (κ3) is 4.90. The van der Waals surface area contributed by atoms with E-state index < -0.39 is 5.25 Å². The van der Waals surface area contributed by atoms with Crippen LogP contribution in [-0.2, 0) is 4.79 Å². The van der Waals surface area contributed by atoms with Crippen LogP contribution in [0.4, 0.5) is 5.69 Å². The molecule has 3 aromatic carbocycles. The molecule has 37 heavy (non-hydrogen) atoms. The van der Waals surface area contributed by atoms with Crippen molar-refractivity contribution in [3.05, 3.63) is 100 Å². The molecule has 0 aliphatic rings. The lowest BCUT2D eigenvalue weighted by molar-refractivity contribution is -0.115. The number of para-hydroxylation sites is 3. The van der Waals surface area contributed by atoms with Crippen molar-refractivity contribution in [1.29, 1.82) is 0 Å². The zero-order valence-corrected chi connectivity index (χ0v) is 22.2. The number of amides is 1. The molecular formula is C29H25N3O3S2. The van der Waals surface area contributed by atoms with Crippen molar-refractivity contribution in [2.75, 3.05) is 12.4 Å². The minimum absolute atomic E-state index is 0.153. The standard InChI is InChI=1S/C29H25N3O3S2/c1-18-24(20-12-6-4-7-13-20)25-27(36-18)31-29(32(28(25)34)21-14-8-5-9-15-21)37-19(2)26(33)30-22-16-10-11-17-23(22)35-3/h4-17,19H,1-3H3,(H,30,33). The molecule has 0 fully saturated rings. The number of thioether (sulfide) groups is 1. The summed E-state index contributed by atoms with van der Waals surface area (Å²) in [4.78, 5) is 33.8. The van der Waals surface area contributed by atoms with Crippen molar-refractivity contribution < 1.29 is 9.53 Å². The van der Waals surface area contributed by atoms with E-state index in [1.54, 1.807) is 30.7 Å². The lowest BCUT2D eigenvalue weighted by atomic mass is 10.0. The number of hydrogen-bond donors (Lipinski definition) is 1. The molecule has 0 spiro atoms. The van der Waals surface area contributed by atoms with E-state index in [1.165, 1.54) is 23.1 Å². The second kappa shape index (κ2) is 10.6. The van der Waals surface area contributed by atoms with Crippen LogP contribution in [0.2, 0.25) is 0 Å². The van der Waals surface area contributed by atoms with Gasteiger partial charge in [0.25, 0.3) is 5.56 Å². The second-order valence-corrected chi connectivity index (χ2v) is 10.9. The molecule has 1 atom stereocenters. The number of aryl methyl sites for hydroxylation is 1. The Labute approximate surface area is 223 Å². The van der Waals surface area contributed by atoms with Gasteiger partial charge >= 0.3 is 0 Å². The van der Waals surface area contributed by atoms with Crippen molar-refractivity contribution >= 4 is 44.9 Å². The smallest absolute Gasteiger partial charge is 0.268 e. The molecule has 0 saturated heterocycles. The van der Waals surface area contributed by atoms with Crippen molar-refractivity contribution in [2.45, 2.75) is 24.3 Å². The molecule has 0 bridgehead atoms. The van der Waals surface area contributed by atoms with E-state index in [2.05, 4.69) is 5.32 Å². The van der Waals surface area contributed by atoms with Gasteiger partial charge < -0.3 is 10.1 Å². The van der Waals surface area contributed by atoms with Gasteiger partial charge in [-0.1, -0.05) is 72.4 Å². The van der Waals surface area contributed by atoms with Crippen molar-refractivity contribution in [3.8, 4) is 22.6 Å². The number of benzene rings is 3. The van der Waals surface area contributed by atoms with Crippen LogP contribution in [0.25, 0.3) is 27.0 Å². The third-order valence-electron chi connectivity index (χ3n) is 5.96.